The van der Waals surface area contributed by atoms with Gasteiger partial charge in [0.1, 0.15) is 11.3 Å². The Morgan fingerprint density at radius 3 is 2.63 bits per heavy atom. The second kappa shape index (κ2) is 7.91. The van der Waals surface area contributed by atoms with E-state index in [9.17, 15) is 9.59 Å². The monoisotopic (exact) mass is 362 g/mol. The lowest BCUT2D eigenvalue weighted by molar-refractivity contribution is 0.102. The second-order valence-electron chi connectivity index (χ2n) is 6.48. The molecule has 1 N–H and O–H groups in total. The Bertz CT molecular complexity index is 1040. The summed E-state index contributed by atoms with van der Waals surface area (Å²) in [6, 6.07) is 16.5. The van der Waals surface area contributed by atoms with E-state index in [4.69, 9.17) is 4.74 Å². The van der Waals surface area contributed by atoms with Gasteiger partial charge in [-0.1, -0.05) is 29.8 Å². The minimum Gasteiger partial charge on any atom is -0.497 e. The van der Waals surface area contributed by atoms with E-state index in [-0.39, 0.29) is 11.1 Å². The van der Waals surface area contributed by atoms with Gasteiger partial charge in [0.15, 0.2) is 0 Å². The van der Waals surface area contributed by atoms with Crippen LogP contribution in [0.3, 0.4) is 0 Å². The Morgan fingerprint density at radius 1 is 1.07 bits per heavy atom. The molecule has 0 atom stereocenters. The van der Waals surface area contributed by atoms with Crippen molar-refractivity contribution in [3.05, 3.63) is 93.4 Å². The fourth-order valence-electron chi connectivity index (χ4n) is 2.95. The van der Waals surface area contributed by atoms with Crippen molar-refractivity contribution < 1.29 is 9.53 Å². The summed E-state index contributed by atoms with van der Waals surface area (Å²) in [5.74, 6) is 0.316. The number of hydrogen-bond acceptors (Lipinski definition) is 3. The number of nitrogens with one attached hydrogen (secondary N) is 1. The third-order valence-corrected chi connectivity index (χ3v) is 4.38. The molecule has 0 aliphatic carbocycles. The number of hydrogen-bond donors (Lipinski definition) is 1. The van der Waals surface area contributed by atoms with Gasteiger partial charge in [0.2, 0.25) is 0 Å². The number of benzene rings is 2. The van der Waals surface area contributed by atoms with Crippen LogP contribution in [0.1, 0.15) is 27.0 Å². The van der Waals surface area contributed by atoms with Crippen LogP contribution < -0.4 is 15.6 Å². The molecule has 0 saturated heterocycles. The number of carbonyl (C=O) groups is 1. The van der Waals surface area contributed by atoms with Gasteiger partial charge in [-0.05, 0) is 55.3 Å². The van der Waals surface area contributed by atoms with Gasteiger partial charge in [-0.25, -0.2) is 0 Å². The lowest BCUT2D eigenvalue weighted by atomic mass is 10.1. The number of ether oxygens (including phenoxy) is 1. The van der Waals surface area contributed by atoms with E-state index >= 15 is 0 Å². The standard InChI is InChI=1S/C22H22N2O3/c1-15-9-10-20(16(2)12-15)23-21(25)19-8-5-11-24(22(19)26)14-17-6-4-7-18(13-17)27-3/h4-13H,14H2,1-3H3,(H,23,25). The zero-order valence-electron chi connectivity index (χ0n) is 15.7. The third kappa shape index (κ3) is 4.26. The molecule has 27 heavy (non-hydrogen) atoms. The molecule has 1 aromatic heterocycles. The smallest absolute Gasteiger partial charge is 0.263 e. The van der Waals surface area contributed by atoms with Crippen molar-refractivity contribution >= 4 is 11.6 Å². The number of rotatable bonds is 5. The number of amides is 1. The number of anilines is 1. The van der Waals surface area contributed by atoms with Gasteiger partial charge >= 0.3 is 0 Å². The van der Waals surface area contributed by atoms with Crippen molar-refractivity contribution in [2.75, 3.05) is 12.4 Å². The Hall–Kier alpha value is -3.34. The molecule has 5 heteroatoms. The van der Waals surface area contributed by atoms with Crippen LogP contribution in [0.25, 0.3) is 0 Å². The summed E-state index contributed by atoms with van der Waals surface area (Å²) in [5.41, 5.74) is 3.47. The summed E-state index contributed by atoms with van der Waals surface area (Å²) in [6.45, 7) is 4.28. The van der Waals surface area contributed by atoms with Gasteiger partial charge in [0.25, 0.3) is 11.5 Å². The van der Waals surface area contributed by atoms with Crippen LogP contribution in [0.4, 0.5) is 5.69 Å². The Kier molecular flexibility index (Phi) is 5.41. The average Bonchev–Trinajstić information content (AvgIpc) is 2.66. The molecule has 0 spiro atoms. The van der Waals surface area contributed by atoms with Crippen molar-refractivity contribution in [2.45, 2.75) is 20.4 Å². The lowest BCUT2D eigenvalue weighted by Gasteiger charge is -2.11. The lowest BCUT2D eigenvalue weighted by Crippen LogP contribution is -2.29. The molecule has 0 unspecified atom stereocenters. The van der Waals surface area contributed by atoms with Crippen molar-refractivity contribution in [2.24, 2.45) is 0 Å². The number of aromatic nitrogens is 1. The van der Waals surface area contributed by atoms with Crippen LogP contribution >= 0.6 is 0 Å². The first-order chi connectivity index (χ1) is 13.0. The first-order valence-electron chi connectivity index (χ1n) is 8.69. The van der Waals surface area contributed by atoms with Crippen molar-refractivity contribution in [1.82, 2.24) is 4.57 Å². The number of carbonyl (C=O) groups excluding carboxylic acids is 1. The molecule has 3 rings (SSSR count). The van der Waals surface area contributed by atoms with E-state index in [1.54, 1.807) is 25.4 Å². The molecule has 0 fully saturated rings. The molecule has 0 aliphatic heterocycles. The molecule has 0 saturated carbocycles. The highest BCUT2D eigenvalue weighted by atomic mass is 16.5. The Balaban J connectivity index is 1.85. The molecule has 3 aromatic rings. The van der Waals surface area contributed by atoms with E-state index < -0.39 is 5.91 Å². The highest BCUT2D eigenvalue weighted by molar-refractivity contribution is 6.04. The largest absolute Gasteiger partial charge is 0.497 e. The molecule has 0 aliphatic rings. The van der Waals surface area contributed by atoms with Crippen LogP contribution in [-0.4, -0.2) is 17.6 Å². The van der Waals surface area contributed by atoms with Crippen LogP contribution in [0, 0.1) is 13.8 Å². The summed E-state index contributed by atoms with van der Waals surface area (Å²) in [7, 11) is 1.60. The second-order valence-corrected chi connectivity index (χ2v) is 6.48. The van der Waals surface area contributed by atoms with E-state index in [2.05, 4.69) is 5.32 Å². The summed E-state index contributed by atoms with van der Waals surface area (Å²) in [4.78, 5) is 25.4. The first-order valence-corrected chi connectivity index (χ1v) is 8.69. The highest BCUT2D eigenvalue weighted by Gasteiger charge is 2.13. The minimum atomic E-state index is -0.410. The molecular formula is C22H22N2O3. The number of nitrogens with zero attached hydrogens (tertiary/aromatic N) is 1. The fraction of sp³-hybridized carbons (Fsp3) is 0.182. The van der Waals surface area contributed by atoms with Gasteiger partial charge in [-0.2, -0.15) is 0 Å². The van der Waals surface area contributed by atoms with Gasteiger partial charge in [0, 0.05) is 11.9 Å². The normalized spacial score (nSPS) is 10.5. The highest BCUT2D eigenvalue weighted by Crippen LogP contribution is 2.17. The maximum Gasteiger partial charge on any atom is 0.263 e. The van der Waals surface area contributed by atoms with Gasteiger partial charge in [-0.3, -0.25) is 9.59 Å². The van der Waals surface area contributed by atoms with Crippen LogP contribution in [0.2, 0.25) is 0 Å². The summed E-state index contributed by atoms with van der Waals surface area (Å²) in [5, 5.41) is 2.83. The SMILES string of the molecule is COc1cccc(Cn2cccc(C(=O)Nc3ccc(C)cc3C)c2=O)c1. The maximum atomic E-state index is 12.8. The predicted octanol–water partition coefficient (Wildman–Crippen LogP) is 3.77. The molecule has 2 aromatic carbocycles. The number of pyridine rings is 1. The van der Waals surface area contributed by atoms with E-state index in [0.717, 1.165) is 22.4 Å². The summed E-state index contributed by atoms with van der Waals surface area (Å²) in [6.07, 6.45) is 1.68. The molecule has 0 radical (unpaired) electrons. The Labute approximate surface area is 158 Å². The van der Waals surface area contributed by atoms with E-state index in [0.29, 0.717) is 12.2 Å². The van der Waals surface area contributed by atoms with E-state index in [1.165, 1.54) is 4.57 Å². The zero-order valence-corrected chi connectivity index (χ0v) is 15.7. The average molecular weight is 362 g/mol. The molecule has 138 valence electrons. The molecule has 0 bridgehead atoms. The van der Waals surface area contributed by atoms with E-state index in [1.807, 2.05) is 56.3 Å². The van der Waals surface area contributed by atoms with Crippen LogP contribution in [0.15, 0.2) is 65.6 Å². The molecule has 5 nitrogen and oxygen atoms in total. The van der Waals surface area contributed by atoms with Crippen LogP contribution in [-0.2, 0) is 6.54 Å². The predicted molar refractivity (Wildman–Crippen MR) is 107 cm³/mol. The van der Waals surface area contributed by atoms with Crippen molar-refractivity contribution in [1.29, 1.82) is 0 Å². The maximum absolute atomic E-state index is 12.8. The summed E-state index contributed by atoms with van der Waals surface area (Å²) < 4.78 is 6.74. The molecular weight excluding hydrogens is 340 g/mol. The third-order valence-electron chi connectivity index (χ3n) is 4.38. The van der Waals surface area contributed by atoms with Crippen molar-refractivity contribution in [3.8, 4) is 5.75 Å². The topological polar surface area (TPSA) is 60.3 Å². The van der Waals surface area contributed by atoms with Gasteiger partial charge in [-0.15, -0.1) is 0 Å². The summed E-state index contributed by atoms with van der Waals surface area (Å²) >= 11 is 0. The molecule has 1 heterocycles. The zero-order chi connectivity index (χ0) is 19.4. The Morgan fingerprint density at radius 2 is 1.89 bits per heavy atom. The first kappa shape index (κ1) is 18.5. The fourth-order valence-corrected chi connectivity index (χ4v) is 2.95. The van der Waals surface area contributed by atoms with Crippen LogP contribution in [0.5, 0.6) is 5.75 Å². The van der Waals surface area contributed by atoms with Crippen molar-refractivity contribution in [3.63, 3.8) is 0 Å². The molecule has 1 amide bonds. The van der Waals surface area contributed by atoms with Gasteiger partial charge < -0.3 is 14.6 Å². The quantitative estimate of drug-likeness (QED) is 0.751. The van der Waals surface area contributed by atoms with Gasteiger partial charge in [0.05, 0.1) is 13.7 Å². The number of aryl methyl sites for hydroxylation is 2. The number of methoxy groups -OCH3 is 1. The minimum absolute atomic E-state index is 0.111.